The Hall–Kier alpha value is -1.35. The van der Waals surface area contributed by atoms with Gasteiger partial charge in [-0.15, -0.1) is 0 Å². The number of hydrogen-bond acceptors (Lipinski definition) is 2. The van der Waals surface area contributed by atoms with E-state index in [1.807, 2.05) is 12.1 Å². The molecule has 0 saturated carbocycles. The maximum Gasteiger partial charge on any atom is 0.125 e. The number of alkyl halides is 1. The minimum Gasteiger partial charge on any atom is -0.488 e. The molecule has 0 saturated heterocycles. The van der Waals surface area contributed by atoms with Gasteiger partial charge in [0.25, 0.3) is 0 Å². The minimum atomic E-state index is 0.581. The summed E-state index contributed by atoms with van der Waals surface area (Å²) in [6.07, 6.45) is 3.57. The topological polar surface area (TPSA) is 22.1 Å². The third-order valence-corrected chi connectivity index (χ3v) is 3.45. The summed E-state index contributed by atoms with van der Waals surface area (Å²) in [4.78, 5) is 4.00. The highest BCUT2D eigenvalue weighted by Gasteiger charge is 2.06. The lowest BCUT2D eigenvalue weighted by Gasteiger charge is -2.13. The maximum atomic E-state index is 5.91. The van der Waals surface area contributed by atoms with Crippen LogP contribution >= 0.6 is 15.9 Å². The van der Waals surface area contributed by atoms with Crippen LogP contribution in [0.15, 0.2) is 36.7 Å². The molecule has 0 aliphatic carbocycles. The van der Waals surface area contributed by atoms with Gasteiger partial charge >= 0.3 is 0 Å². The fourth-order valence-electron chi connectivity index (χ4n) is 1.98. The smallest absolute Gasteiger partial charge is 0.125 e. The number of ether oxygens (including phenoxy) is 1. The van der Waals surface area contributed by atoms with Crippen LogP contribution in [0.2, 0.25) is 0 Å². The van der Waals surface area contributed by atoms with Crippen molar-refractivity contribution in [1.82, 2.24) is 4.98 Å². The summed E-state index contributed by atoms with van der Waals surface area (Å²) in [5.74, 6) is 0.983. The molecule has 1 aromatic heterocycles. The Morgan fingerprint density at radius 3 is 2.22 bits per heavy atom. The van der Waals surface area contributed by atoms with Gasteiger partial charge in [0.15, 0.2) is 0 Å². The molecule has 0 N–H and O–H groups in total. The lowest BCUT2D eigenvalue weighted by molar-refractivity contribution is 0.302. The summed E-state index contributed by atoms with van der Waals surface area (Å²) < 4.78 is 5.91. The molecule has 2 aromatic rings. The maximum absolute atomic E-state index is 5.91. The zero-order valence-corrected chi connectivity index (χ0v) is 12.2. The molecule has 0 amide bonds. The van der Waals surface area contributed by atoms with E-state index < -0.39 is 0 Å². The molecule has 0 spiro atoms. The molecular weight excluding hydrogens is 290 g/mol. The standard InChI is InChI=1S/C15H16BrNO/c1-11-7-14(9-16)8-12(2)15(11)18-10-13-3-5-17-6-4-13/h3-8H,9-10H2,1-2H3. The Morgan fingerprint density at radius 1 is 1.06 bits per heavy atom. The number of halogens is 1. The van der Waals surface area contributed by atoms with E-state index in [9.17, 15) is 0 Å². The average Bonchev–Trinajstić information content (AvgIpc) is 2.38. The Bertz CT molecular complexity index is 502. The van der Waals surface area contributed by atoms with Crippen LogP contribution in [-0.4, -0.2) is 4.98 Å². The molecule has 0 unspecified atom stereocenters. The van der Waals surface area contributed by atoms with Gasteiger partial charge < -0.3 is 4.74 Å². The monoisotopic (exact) mass is 305 g/mol. The first-order valence-corrected chi connectivity index (χ1v) is 7.00. The van der Waals surface area contributed by atoms with E-state index in [-0.39, 0.29) is 0 Å². The molecule has 18 heavy (non-hydrogen) atoms. The summed E-state index contributed by atoms with van der Waals surface area (Å²) in [6, 6.07) is 8.25. The van der Waals surface area contributed by atoms with Gasteiger partial charge in [-0.3, -0.25) is 4.98 Å². The summed E-state index contributed by atoms with van der Waals surface area (Å²) in [5, 5.41) is 0.874. The van der Waals surface area contributed by atoms with Crippen molar-refractivity contribution in [3.8, 4) is 5.75 Å². The van der Waals surface area contributed by atoms with Gasteiger partial charge in [-0.1, -0.05) is 28.1 Å². The van der Waals surface area contributed by atoms with E-state index in [4.69, 9.17) is 4.74 Å². The fourth-order valence-corrected chi connectivity index (χ4v) is 2.30. The van der Waals surface area contributed by atoms with Crippen molar-refractivity contribution in [3.63, 3.8) is 0 Å². The van der Waals surface area contributed by atoms with Crippen LogP contribution in [0.3, 0.4) is 0 Å². The van der Waals surface area contributed by atoms with Gasteiger partial charge in [0, 0.05) is 17.7 Å². The predicted octanol–water partition coefficient (Wildman–Crippen LogP) is 4.17. The van der Waals surface area contributed by atoms with Crippen molar-refractivity contribution in [1.29, 1.82) is 0 Å². The molecule has 0 fully saturated rings. The molecule has 0 radical (unpaired) electrons. The second kappa shape index (κ2) is 6.01. The zero-order valence-electron chi connectivity index (χ0n) is 10.6. The second-order valence-electron chi connectivity index (χ2n) is 4.34. The van der Waals surface area contributed by atoms with Crippen LogP contribution in [0.4, 0.5) is 0 Å². The minimum absolute atomic E-state index is 0.581. The molecule has 94 valence electrons. The Balaban J connectivity index is 2.15. The first-order valence-electron chi connectivity index (χ1n) is 5.88. The number of pyridine rings is 1. The molecular formula is C15H16BrNO. The zero-order chi connectivity index (χ0) is 13.0. The van der Waals surface area contributed by atoms with Gasteiger partial charge in [0.05, 0.1) is 0 Å². The van der Waals surface area contributed by atoms with Gasteiger partial charge in [-0.2, -0.15) is 0 Å². The highest BCUT2D eigenvalue weighted by Crippen LogP contribution is 2.26. The van der Waals surface area contributed by atoms with Crippen molar-refractivity contribution in [3.05, 3.63) is 58.9 Å². The van der Waals surface area contributed by atoms with Crippen LogP contribution in [-0.2, 0) is 11.9 Å². The van der Waals surface area contributed by atoms with Crippen molar-refractivity contribution in [2.75, 3.05) is 0 Å². The first-order chi connectivity index (χ1) is 8.70. The number of rotatable bonds is 4. The molecule has 1 heterocycles. The van der Waals surface area contributed by atoms with Crippen LogP contribution in [0, 0.1) is 13.8 Å². The first kappa shape index (κ1) is 13.1. The third kappa shape index (κ3) is 3.10. The fraction of sp³-hybridized carbons (Fsp3) is 0.267. The third-order valence-electron chi connectivity index (χ3n) is 2.81. The van der Waals surface area contributed by atoms with E-state index in [0.717, 1.165) is 16.6 Å². The molecule has 1 aromatic carbocycles. The van der Waals surface area contributed by atoms with E-state index in [2.05, 4.69) is 46.9 Å². The van der Waals surface area contributed by atoms with Gasteiger partial charge in [-0.05, 0) is 48.2 Å². The van der Waals surface area contributed by atoms with E-state index >= 15 is 0 Å². The SMILES string of the molecule is Cc1cc(CBr)cc(C)c1OCc1ccncc1. The quantitative estimate of drug-likeness (QED) is 0.791. The second-order valence-corrected chi connectivity index (χ2v) is 4.90. The highest BCUT2D eigenvalue weighted by atomic mass is 79.9. The number of aryl methyl sites for hydroxylation is 2. The Kier molecular flexibility index (Phi) is 4.37. The van der Waals surface area contributed by atoms with Gasteiger partial charge in [0.2, 0.25) is 0 Å². The van der Waals surface area contributed by atoms with Crippen molar-refractivity contribution in [2.24, 2.45) is 0 Å². The molecule has 2 rings (SSSR count). The summed E-state index contributed by atoms with van der Waals surface area (Å²) in [7, 11) is 0. The van der Waals surface area contributed by atoms with E-state index in [1.54, 1.807) is 12.4 Å². The van der Waals surface area contributed by atoms with Crippen molar-refractivity contribution >= 4 is 15.9 Å². The summed E-state index contributed by atoms with van der Waals surface area (Å²) in [6.45, 7) is 4.75. The van der Waals surface area contributed by atoms with Crippen LogP contribution in [0.25, 0.3) is 0 Å². The largest absolute Gasteiger partial charge is 0.488 e. The molecule has 0 atom stereocenters. The molecule has 3 heteroatoms. The normalized spacial score (nSPS) is 10.4. The van der Waals surface area contributed by atoms with Gasteiger partial charge in [-0.25, -0.2) is 0 Å². The van der Waals surface area contributed by atoms with Gasteiger partial charge in [0.1, 0.15) is 12.4 Å². The number of benzene rings is 1. The van der Waals surface area contributed by atoms with Crippen molar-refractivity contribution < 1.29 is 4.74 Å². The van der Waals surface area contributed by atoms with Crippen LogP contribution < -0.4 is 4.74 Å². The van der Waals surface area contributed by atoms with Crippen LogP contribution in [0.5, 0.6) is 5.75 Å². The Morgan fingerprint density at radius 2 is 1.67 bits per heavy atom. The highest BCUT2D eigenvalue weighted by molar-refractivity contribution is 9.08. The number of aromatic nitrogens is 1. The Labute approximate surface area is 116 Å². The van der Waals surface area contributed by atoms with E-state index in [1.165, 1.54) is 16.7 Å². The number of hydrogen-bond donors (Lipinski definition) is 0. The lowest BCUT2D eigenvalue weighted by Crippen LogP contribution is -1.99. The molecule has 0 bridgehead atoms. The summed E-state index contributed by atoms with van der Waals surface area (Å²) in [5.41, 5.74) is 4.77. The van der Waals surface area contributed by atoms with Crippen LogP contribution in [0.1, 0.15) is 22.3 Å². The van der Waals surface area contributed by atoms with E-state index in [0.29, 0.717) is 6.61 Å². The summed E-state index contributed by atoms with van der Waals surface area (Å²) >= 11 is 3.48. The van der Waals surface area contributed by atoms with Crippen molar-refractivity contribution in [2.45, 2.75) is 25.8 Å². The molecule has 2 nitrogen and oxygen atoms in total. The molecule has 0 aliphatic rings. The lowest BCUT2D eigenvalue weighted by atomic mass is 10.1. The number of nitrogens with zero attached hydrogens (tertiary/aromatic N) is 1. The predicted molar refractivity (Wildman–Crippen MR) is 77.1 cm³/mol. The molecule has 0 aliphatic heterocycles. The average molecular weight is 306 g/mol.